The van der Waals surface area contributed by atoms with Crippen LogP contribution in [0.25, 0.3) is 0 Å². The molecule has 1 aromatic rings. The first kappa shape index (κ1) is 14.3. The molecule has 2 heterocycles. The summed E-state index contributed by atoms with van der Waals surface area (Å²) in [5.41, 5.74) is 0.341. The van der Waals surface area contributed by atoms with Gasteiger partial charge in [-0.2, -0.15) is 18.3 Å². The van der Waals surface area contributed by atoms with Crippen LogP contribution in [0.1, 0.15) is 23.4 Å². The van der Waals surface area contributed by atoms with Gasteiger partial charge < -0.3 is 10.2 Å². The highest BCUT2D eigenvalue weighted by molar-refractivity contribution is 5.30. The number of hydrogen-bond donors (Lipinski definition) is 1. The van der Waals surface area contributed by atoms with Crippen molar-refractivity contribution in [3.63, 3.8) is 0 Å². The molecule has 7 heteroatoms. The molecule has 2 rings (SSSR count). The number of nitrogens with zero attached hydrogens (tertiary/aromatic N) is 3. The van der Waals surface area contributed by atoms with Gasteiger partial charge in [-0.1, -0.05) is 0 Å². The van der Waals surface area contributed by atoms with Crippen molar-refractivity contribution < 1.29 is 13.2 Å². The van der Waals surface area contributed by atoms with Gasteiger partial charge in [0.05, 0.1) is 0 Å². The van der Waals surface area contributed by atoms with Crippen LogP contribution in [0.4, 0.5) is 13.2 Å². The fraction of sp³-hybridized carbons (Fsp3) is 0.750. The Morgan fingerprint density at radius 1 is 1.37 bits per heavy atom. The summed E-state index contributed by atoms with van der Waals surface area (Å²) in [4.78, 5) is 2.02. The molecule has 0 radical (unpaired) electrons. The monoisotopic (exact) mass is 276 g/mol. The maximum atomic E-state index is 12.9. The SMILES string of the molecule is CN(C)CCCn1nc(C(F)(F)F)c2c1CCNC2. The van der Waals surface area contributed by atoms with E-state index in [9.17, 15) is 13.2 Å². The fourth-order valence-corrected chi connectivity index (χ4v) is 2.37. The highest BCUT2D eigenvalue weighted by Crippen LogP contribution is 2.33. The zero-order valence-electron chi connectivity index (χ0n) is 11.2. The first-order valence-corrected chi connectivity index (χ1v) is 6.41. The number of fused-ring (bicyclic) bond motifs is 1. The van der Waals surface area contributed by atoms with Gasteiger partial charge in [-0.15, -0.1) is 0 Å². The van der Waals surface area contributed by atoms with E-state index < -0.39 is 11.9 Å². The highest BCUT2D eigenvalue weighted by Gasteiger charge is 2.39. The Morgan fingerprint density at radius 2 is 2.11 bits per heavy atom. The number of halogens is 3. The molecule has 0 unspecified atom stereocenters. The second-order valence-corrected chi connectivity index (χ2v) is 5.08. The van der Waals surface area contributed by atoms with Crippen molar-refractivity contribution in [2.45, 2.75) is 32.1 Å². The van der Waals surface area contributed by atoms with Crippen LogP contribution in [-0.4, -0.2) is 41.9 Å². The van der Waals surface area contributed by atoms with Crippen LogP contribution >= 0.6 is 0 Å². The molecule has 1 N–H and O–H groups in total. The van der Waals surface area contributed by atoms with Crippen LogP contribution in [0.15, 0.2) is 0 Å². The van der Waals surface area contributed by atoms with E-state index in [1.54, 1.807) is 4.68 Å². The fourth-order valence-electron chi connectivity index (χ4n) is 2.37. The third kappa shape index (κ3) is 3.27. The van der Waals surface area contributed by atoms with Gasteiger partial charge in [0.2, 0.25) is 0 Å². The van der Waals surface area contributed by atoms with Crippen molar-refractivity contribution in [1.29, 1.82) is 0 Å². The summed E-state index contributed by atoms with van der Waals surface area (Å²) in [6.45, 7) is 2.35. The molecule has 4 nitrogen and oxygen atoms in total. The van der Waals surface area contributed by atoms with Gasteiger partial charge in [-0.3, -0.25) is 4.68 Å². The lowest BCUT2D eigenvalue weighted by molar-refractivity contribution is -0.142. The molecule has 0 saturated carbocycles. The van der Waals surface area contributed by atoms with E-state index in [-0.39, 0.29) is 6.54 Å². The van der Waals surface area contributed by atoms with Gasteiger partial charge in [0.1, 0.15) is 0 Å². The Morgan fingerprint density at radius 3 is 2.74 bits per heavy atom. The normalized spacial score (nSPS) is 15.9. The Bertz CT molecular complexity index is 437. The average Bonchev–Trinajstić information content (AvgIpc) is 2.68. The zero-order valence-corrected chi connectivity index (χ0v) is 11.2. The number of aryl methyl sites for hydroxylation is 1. The Hall–Kier alpha value is -1.08. The Labute approximate surface area is 110 Å². The summed E-state index contributed by atoms with van der Waals surface area (Å²) in [6.07, 6.45) is -2.96. The second kappa shape index (κ2) is 5.50. The van der Waals surface area contributed by atoms with Gasteiger partial charge in [0, 0.05) is 37.3 Å². The molecule has 1 aliphatic heterocycles. The lowest BCUT2D eigenvalue weighted by Crippen LogP contribution is -2.26. The smallest absolute Gasteiger partial charge is 0.312 e. The number of alkyl halides is 3. The van der Waals surface area contributed by atoms with Gasteiger partial charge in [-0.25, -0.2) is 0 Å². The van der Waals surface area contributed by atoms with Gasteiger partial charge in [0.15, 0.2) is 5.69 Å². The summed E-state index contributed by atoms with van der Waals surface area (Å²) in [7, 11) is 3.90. The zero-order chi connectivity index (χ0) is 14.0. The Balaban J connectivity index is 2.21. The summed E-state index contributed by atoms with van der Waals surface area (Å²) < 4.78 is 40.3. The van der Waals surface area contributed by atoms with Crippen LogP contribution in [-0.2, 0) is 25.7 Å². The van der Waals surface area contributed by atoms with Crippen LogP contribution in [0.3, 0.4) is 0 Å². The molecule has 0 spiro atoms. The van der Waals surface area contributed by atoms with Gasteiger partial charge in [-0.05, 0) is 27.1 Å². The molecule has 0 amide bonds. The van der Waals surface area contributed by atoms with Crippen molar-refractivity contribution in [2.24, 2.45) is 0 Å². The molecule has 1 aliphatic rings. The molecule has 1 aromatic heterocycles. The largest absolute Gasteiger partial charge is 0.435 e. The number of hydrogen-bond acceptors (Lipinski definition) is 3. The second-order valence-electron chi connectivity index (χ2n) is 5.08. The van der Waals surface area contributed by atoms with E-state index >= 15 is 0 Å². The first-order valence-electron chi connectivity index (χ1n) is 6.41. The Kier molecular flexibility index (Phi) is 4.15. The van der Waals surface area contributed by atoms with E-state index in [1.807, 2.05) is 19.0 Å². The standard InChI is InChI=1S/C12H19F3N4/c1-18(2)6-3-7-19-10-4-5-16-8-9(10)11(17-19)12(13,14)15/h16H,3-8H2,1-2H3. The van der Waals surface area contributed by atoms with Crippen molar-refractivity contribution in [2.75, 3.05) is 27.2 Å². The topological polar surface area (TPSA) is 33.1 Å². The maximum Gasteiger partial charge on any atom is 0.435 e. The minimum atomic E-state index is -4.37. The lowest BCUT2D eigenvalue weighted by atomic mass is 10.1. The van der Waals surface area contributed by atoms with Crippen molar-refractivity contribution >= 4 is 0 Å². The first-order chi connectivity index (χ1) is 8.89. The molecular weight excluding hydrogens is 257 g/mol. The average molecular weight is 276 g/mol. The van der Waals surface area contributed by atoms with E-state index in [2.05, 4.69) is 10.4 Å². The number of aromatic nitrogens is 2. The third-order valence-corrected chi connectivity index (χ3v) is 3.25. The summed E-state index contributed by atoms with van der Waals surface area (Å²) in [5.74, 6) is 0. The molecule has 0 atom stereocenters. The number of nitrogens with one attached hydrogen (secondary N) is 1. The predicted molar refractivity (Wildman–Crippen MR) is 65.8 cm³/mol. The highest BCUT2D eigenvalue weighted by atomic mass is 19.4. The van der Waals surface area contributed by atoms with E-state index in [1.165, 1.54) is 0 Å². The lowest BCUT2D eigenvalue weighted by Gasteiger charge is -2.16. The molecule has 0 saturated heterocycles. The maximum absolute atomic E-state index is 12.9. The summed E-state index contributed by atoms with van der Waals surface area (Å²) in [5, 5.41) is 6.77. The molecule has 0 aromatic carbocycles. The summed E-state index contributed by atoms with van der Waals surface area (Å²) in [6, 6.07) is 0. The molecular formula is C12H19F3N4. The van der Waals surface area contributed by atoms with Crippen molar-refractivity contribution in [1.82, 2.24) is 20.0 Å². The van der Waals surface area contributed by atoms with E-state index in [4.69, 9.17) is 0 Å². The quantitative estimate of drug-likeness (QED) is 0.904. The van der Waals surface area contributed by atoms with Crippen LogP contribution in [0.5, 0.6) is 0 Å². The van der Waals surface area contributed by atoms with E-state index in [0.29, 0.717) is 25.1 Å². The minimum Gasteiger partial charge on any atom is -0.312 e. The van der Waals surface area contributed by atoms with Gasteiger partial charge in [0.25, 0.3) is 0 Å². The van der Waals surface area contributed by atoms with Crippen LogP contribution in [0.2, 0.25) is 0 Å². The molecule has 0 fully saturated rings. The summed E-state index contributed by atoms with van der Waals surface area (Å²) >= 11 is 0. The number of rotatable bonds is 4. The van der Waals surface area contributed by atoms with E-state index in [0.717, 1.165) is 18.7 Å². The van der Waals surface area contributed by atoms with Crippen molar-refractivity contribution in [3.8, 4) is 0 Å². The van der Waals surface area contributed by atoms with Gasteiger partial charge >= 0.3 is 6.18 Å². The molecule has 19 heavy (non-hydrogen) atoms. The molecule has 108 valence electrons. The molecule has 0 bridgehead atoms. The van der Waals surface area contributed by atoms with Crippen LogP contribution < -0.4 is 5.32 Å². The minimum absolute atomic E-state index is 0.262. The molecule has 0 aliphatic carbocycles. The predicted octanol–water partition coefficient (Wildman–Crippen LogP) is 1.50. The van der Waals surface area contributed by atoms with Crippen LogP contribution in [0, 0.1) is 0 Å². The van der Waals surface area contributed by atoms with Crippen molar-refractivity contribution in [3.05, 3.63) is 17.0 Å². The third-order valence-electron chi connectivity index (χ3n) is 3.25.